The van der Waals surface area contributed by atoms with E-state index in [9.17, 15) is 4.79 Å². The second-order valence-electron chi connectivity index (χ2n) is 7.84. The van der Waals surface area contributed by atoms with Crippen LogP contribution in [0.5, 0.6) is 11.5 Å². The quantitative estimate of drug-likeness (QED) is 0.657. The predicted molar refractivity (Wildman–Crippen MR) is 114 cm³/mol. The maximum absolute atomic E-state index is 12.7. The van der Waals surface area contributed by atoms with Crippen molar-refractivity contribution in [2.75, 3.05) is 25.7 Å². The lowest BCUT2D eigenvalue weighted by atomic mass is 10.2. The van der Waals surface area contributed by atoms with Gasteiger partial charge in [0.2, 0.25) is 6.79 Å². The Bertz CT molecular complexity index is 1070. The summed E-state index contributed by atoms with van der Waals surface area (Å²) in [5.41, 5.74) is 5.77. The van der Waals surface area contributed by atoms with Gasteiger partial charge < -0.3 is 19.7 Å². The van der Waals surface area contributed by atoms with Crippen molar-refractivity contribution in [3.8, 4) is 17.2 Å². The van der Waals surface area contributed by atoms with Gasteiger partial charge in [-0.1, -0.05) is 17.7 Å². The van der Waals surface area contributed by atoms with Gasteiger partial charge in [-0.3, -0.25) is 4.79 Å². The van der Waals surface area contributed by atoms with Gasteiger partial charge in [-0.2, -0.15) is 5.10 Å². The smallest absolute Gasteiger partial charge is 0.279 e. The van der Waals surface area contributed by atoms with Crippen molar-refractivity contribution in [1.82, 2.24) is 9.78 Å². The number of ether oxygens (including phenoxy) is 2. The molecule has 2 aromatic carbocycles. The molecule has 1 amide bonds. The van der Waals surface area contributed by atoms with Crippen LogP contribution in [-0.2, 0) is 11.3 Å². The lowest BCUT2D eigenvalue weighted by Gasteiger charge is -2.14. The third-order valence-corrected chi connectivity index (χ3v) is 5.24. The molecule has 2 N–H and O–H groups in total. The van der Waals surface area contributed by atoms with Gasteiger partial charge in [0.25, 0.3) is 5.91 Å². The van der Waals surface area contributed by atoms with E-state index in [1.54, 1.807) is 0 Å². The summed E-state index contributed by atoms with van der Waals surface area (Å²) in [6.45, 7) is 7.26. The Balaban J connectivity index is 1.40. The minimum atomic E-state index is -0.0390. The van der Waals surface area contributed by atoms with E-state index < -0.39 is 0 Å². The number of aryl methyl sites for hydroxylation is 2. The number of nitrogens with one attached hydrogen (secondary N) is 2. The maximum atomic E-state index is 12.7. The number of anilines is 1. The van der Waals surface area contributed by atoms with Gasteiger partial charge in [0.15, 0.2) is 18.0 Å². The van der Waals surface area contributed by atoms with Crippen LogP contribution in [0.25, 0.3) is 5.69 Å². The van der Waals surface area contributed by atoms with Gasteiger partial charge in [0, 0.05) is 5.56 Å². The minimum absolute atomic E-state index is 0.0390. The third-order valence-electron chi connectivity index (χ3n) is 5.24. The molecule has 0 radical (unpaired) electrons. The van der Waals surface area contributed by atoms with E-state index >= 15 is 0 Å². The van der Waals surface area contributed by atoms with Crippen LogP contribution < -0.4 is 19.7 Å². The summed E-state index contributed by atoms with van der Waals surface area (Å²) in [5, 5.41) is 7.66. The summed E-state index contributed by atoms with van der Waals surface area (Å²) in [4.78, 5) is 13.8. The van der Waals surface area contributed by atoms with E-state index in [4.69, 9.17) is 9.47 Å². The average molecular weight is 407 g/mol. The monoisotopic (exact) mass is 407 g/mol. The molecule has 0 saturated heterocycles. The number of amides is 1. The summed E-state index contributed by atoms with van der Waals surface area (Å²) in [5.74, 6) is 1.49. The Labute approximate surface area is 176 Å². The topological polar surface area (TPSA) is 69.8 Å². The van der Waals surface area contributed by atoms with Crippen molar-refractivity contribution in [2.24, 2.45) is 0 Å². The normalized spacial score (nSPS) is 13.3. The van der Waals surface area contributed by atoms with Crippen LogP contribution >= 0.6 is 0 Å². The molecule has 0 saturated carbocycles. The van der Waals surface area contributed by atoms with E-state index in [0.717, 1.165) is 44.7 Å². The maximum Gasteiger partial charge on any atom is 0.279 e. The first-order chi connectivity index (χ1) is 14.4. The van der Waals surface area contributed by atoms with E-state index in [0.29, 0.717) is 13.1 Å². The van der Waals surface area contributed by atoms with Gasteiger partial charge in [-0.15, -0.1) is 0 Å². The second kappa shape index (κ2) is 8.20. The molecular weight excluding hydrogens is 380 g/mol. The van der Waals surface area contributed by atoms with Crippen molar-refractivity contribution in [2.45, 2.75) is 27.3 Å². The number of fused-ring (bicyclic) bond motifs is 1. The van der Waals surface area contributed by atoms with Crippen molar-refractivity contribution < 1.29 is 19.2 Å². The van der Waals surface area contributed by atoms with E-state index in [-0.39, 0.29) is 12.7 Å². The fraction of sp³-hybridized carbons (Fsp3) is 0.304. The molecule has 2 heterocycles. The number of rotatable bonds is 6. The fourth-order valence-electron chi connectivity index (χ4n) is 3.68. The lowest BCUT2D eigenvalue weighted by Crippen LogP contribution is -3.08. The molecule has 4 rings (SSSR count). The molecule has 1 atom stereocenters. The molecule has 7 nitrogen and oxygen atoms in total. The summed E-state index contributed by atoms with van der Waals surface area (Å²) < 4.78 is 12.7. The number of nitrogens with zero attached hydrogens (tertiary/aromatic N) is 2. The molecule has 156 valence electrons. The third kappa shape index (κ3) is 4.16. The van der Waals surface area contributed by atoms with Crippen LogP contribution in [0.4, 0.5) is 5.69 Å². The molecule has 0 spiro atoms. The van der Waals surface area contributed by atoms with Gasteiger partial charge >= 0.3 is 0 Å². The van der Waals surface area contributed by atoms with E-state index in [1.807, 2.05) is 55.9 Å². The molecule has 3 aromatic rings. The minimum Gasteiger partial charge on any atom is -0.454 e. The molecule has 30 heavy (non-hydrogen) atoms. The second-order valence-corrected chi connectivity index (χ2v) is 7.84. The number of quaternary nitrogens is 1. The van der Waals surface area contributed by atoms with Crippen LogP contribution in [0, 0.1) is 20.8 Å². The number of aromatic nitrogens is 2. The number of hydrogen-bond acceptors (Lipinski definition) is 4. The van der Waals surface area contributed by atoms with Crippen LogP contribution in [0.3, 0.4) is 0 Å². The first kappa shape index (κ1) is 20.0. The number of likely N-dealkylation sites (N-methyl/N-ethyl adjacent to an activating group) is 1. The van der Waals surface area contributed by atoms with E-state index in [1.165, 1.54) is 5.56 Å². The lowest BCUT2D eigenvalue weighted by molar-refractivity contribution is -0.885. The van der Waals surface area contributed by atoms with Crippen molar-refractivity contribution in [1.29, 1.82) is 0 Å². The first-order valence-corrected chi connectivity index (χ1v) is 10.0. The van der Waals surface area contributed by atoms with Crippen molar-refractivity contribution in [3.05, 3.63) is 65.0 Å². The Morgan fingerprint density at radius 3 is 2.60 bits per heavy atom. The van der Waals surface area contributed by atoms with Gasteiger partial charge in [-0.25, -0.2) is 4.68 Å². The zero-order chi connectivity index (χ0) is 21.3. The van der Waals surface area contributed by atoms with E-state index in [2.05, 4.69) is 29.5 Å². The number of carbonyl (C=O) groups excluding carboxylic acids is 1. The molecule has 0 fully saturated rings. The highest BCUT2D eigenvalue weighted by atomic mass is 16.7. The largest absolute Gasteiger partial charge is 0.454 e. The highest BCUT2D eigenvalue weighted by Crippen LogP contribution is 2.32. The van der Waals surface area contributed by atoms with Crippen LogP contribution in [-0.4, -0.2) is 36.1 Å². The SMILES string of the molecule is Cc1ccc(-n2nc(C)c(NC(=O)C[NH+](C)Cc3ccc4c(c3)OCO4)c2C)cc1. The standard InChI is InChI=1S/C23H26N4O3/c1-15-5-8-19(9-6-15)27-17(3)23(16(2)25-27)24-22(28)13-26(4)12-18-7-10-20-21(11-18)30-14-29-20/h5-11H,12-14H2,1-4H3,(H,24,28)/p+1. The predicted octanol–water partition coefficient (Wildman–Crippen LogP) is 2.18. The zero-order valence-electron chi connectivity index (χ0n) is 17.8. The van der Waals surface area contributed by atoms with Crippen molar-refractivity contribution in [3.63, 3.8) is 0 Å². The average Bonchev–Trinajstić information content (AvgIpc) is 3.28. The molecular formula is C23H27N4O3+. The van der Waals surface area contributed by atoms with Gasteiger partial charge in [-0.05, 0) is 51.1 Å². The van der Waals surface area contributed by atoms with Crippen LogP contribution in [0.2, 0.25) is 0 Å². The number of benzene rings is 2. The number of hydrogen-bond donors (Lipinski definition) is 2. The summed E-state index contributed by atoms with van der Waals surface area (Å²) in [7, 11) is 2.00. The van der Waals surface area contributed by atoms with Gasteiger partial charge in [0.1, 0.15) is 6.54 Å². The Morgan fingerprint density at radius 1 is 1.10 bits per heavy atom. The van der Waals surface area contributed by atoms with Crippen LogP contribution in [0.1, 0.15) is 22.5 Å². The molecule has 1 aliphatic rings. The fourth-order valence-corrected chi connectivity index (χ4v) is 3.68. The zero-order valence-corrected chi connectivity index (χ0v) is 17.8. The Morgan fingerprint density at radius 2 is 1.83 bits per heavy atom. The first-order valence-electron chi connectivity index (χ1n) is 10.0. The van der Waals surface area contributed by atoms with Gasteiger partial charge in [0.05, 0.1) is 29.8 Å². The summed E-state index contributed by atoms with van der Waals surface area (Å²) in [6, 6.07) is 14.1. The summed E-state index contributed by atoms with van der Waals surface area (Å²) >= 11 is 0. The van der Waals surface area contributed by atoms with Crippen LogP contribution in [0.15, 0.2) is 42.5 Å². The Kier molecular flexibility index (Phi) is 5.46. The molecule has 1 aliphatic heterocycles. The number of carbonyl (C=O) groups is 1. The summed E-state index contributed by atoms with van der Waals surface area (Å²) in [6.07, 6.45) is 0. The molecule has 1 aromatic heterocycles. The molecule has 7 heteroatoms. The highest BCUT2D eigenvalue weighted by Gasteiger charge is 2.19. The Hall–Kier alpha value is -3.32. The molecule has 0 bridgehead atoms. The van der Waals surface area contributed by atoms with Crippen molar-refractivity contribution >= 4 is 11.6 Å². The molecule has 1 unspecified atom stereocenters. The highest BCUT2D eigenvalue weighted by molar-refractivity contribution is 5.92. The molecule has 0 aliphatic carbocycles.